The zero-order valence-corrected chi connectivity index (χ0v) is 14.5. The van der Waals surface area contributed by atoms with E-state index in [1.165, 1.54) is 0 Å². The van der Waals surface area contributed by atoms with Crippen molar-refractivity contribution in [2.24, 2.45) is 5.41 Å². The summed E-state index contributed by atoms with van der Waals surface area (Å²) in [6.07, 6.45) is 6.35. The molecule has 1 aromatic heterocycles. The molecule has 2 heterocycles. The number of β-amino-alcohol motifs (C(OH)–C–C–N with tert-alkyl or cyclic N) is 1. The number of carbonyl (C=O) groups is 1. The fourth-order valence-corrected chi connectivity index (χ4v) is 3.72. The highest BCUT2D eigenvalue weighted by Gasteiger charge is 2.47. The number of aliphatic hydroxyl groups is 1. The molecular weight excluding hydrogens is 318 g/mol. The van der Waals surface area contributed by atoms with Gasteiger partial charge in [0.15, 0.2) is 0 Å². The summed E-state index contributed by atoms with van der Waals surface area (Å²) in [4.78, 5) is 17.9. The Bertz CT molecular complexity index is 699. The Kier molecular flexibility index (Phi) is 5.20. The van der Waals surface area contributed by atoms with Crippen LogP contribution < -0.4 is 0 Å². The minimum atomic E-state index is -0.990. The Morgan fingerprint density at radius 3 is 2.68 bits per heavy atom. The van der Waals surface area contributed by atoms with Crippen LogP contribution in [-0.4, -0.2) is 49.8 Å². The number of rotatable bonds is 6. The quantitative estimate of drug-likeness (QED) is 0.841. The van der Waals surface area contributed by atoms with Gasteiger partial charge in [0.25, 0.3) is 0 Å². The van der Waals surface area contributed by atoms with Gasteiger partial charge in [-0.05, 0) is 37.1 Å². The van der Waals surface area contributed by atoms with Crippen LogP contribution in [0.4, 0.5) is 0 Å². The number of nitrogens with zero attached hydrogens (tertiary/aromatic N) is 3. The van der Waals surface area contributed by atoms with Crippen LogP contribution in [0.15, 0.2) is 43.0 Å². The summed E-state index contributed by atoms with van der Waals surface area (Å²) in [7, 11) is 0. The molecule has 1 aliphatic heterocycles. The molecule has 0 bridgehead atoms. The number of aliphatic hydroxyl groups excluding tert-OH is 1. The minimum absolute atomic E-state index is 0.398. The Hall–Kier alpha value is -2.18. The summed E-state index contributed by atoms with van der Waals surface area (Å²) in [6, 6.07) is 8.20. The van der Waals surface area contributed by atoms with Crippen molar-refractivity contribution in [2.75, 3.05) is 13.1 Å². The second-order valence-corrected chi connectivity index (χ2v) is 6.85. The van der Waals surface area contributed by atoms with Crippen molar-refractivity contribution < 1.29 is 15.0 Å². The molecule has 1 fully saturated rings. The number of hydrogen-bond acceptors (Lipinski definition) is 4. The zero-order chi connectivity index (χ0) is 17.9. The van der Waals surface area contributed by atoms with Gasteiger partial charge in [-0.15, -0.1) is 0 Å². The highest BCUT2D eigenvalue weighted by Crippen LogP contribution is 2.37. The number of aromatic nitrogens is 2. The SMILES string of the molecule is CCC[C@]1(C(=O)O)CCN(Cc2ccc(-n3ccnc3)cc2)C[C@H]1O. The van der Waals surface area contributed by atoms with E-state index in [0.717, 1.165) is 17.7 Å². The van der Waals surface area contributed by atoms with E-state index in [1.807, 2.05) is 29.8 Å². The van der Waals surface area contributed by atoms with Gasteiger partial charge >= 0.3 is 5.97 Å². The average Bonchev–Trinajstić information content (AvgIpc) is 3.12. The first-order valence-electron chi connectivity index (χ1n) is 8.76. The molecule has 0 saturated carbocycles. The number of benzene rings is 1. The lowest BCUT2D eigenvalue weighted by Crippen LogP contribution is -2.54. The maximum absolute atomic E-state index is 11.7. The van der Waals surface area contributed by atoms with Gasteiger partial charge in [-0.25, -0.2) is 4.98 Å². The molecule has 0 spiro atoms. The summed E-state index contributed by atoms with van der Waals surface area (Å²) >= 11 is 0. The molecule has 6 nitrogen and oxygen atoms in total. The molecule has 0 amide bonds. The molecular formula is C19H25N3O3. The number of aliphatic carboxylic acids is 1. The van der Waals surface area contributed by atoms with Gasteiger partial charge in [0, 0.05) is 31.2 Å². The van der Waals surface area contributed by atoms with Crippen molar-refractivity contribution in [1.29, 1.82) is 0 Å². The molecule has 2 N–H and O–H groups in total. The topological polar surface area (TPSA) is 78.6 Å². The largest absolute Gasteiger partial charge is 0.481 e. The van der Waals surface area contributed by atoms with E-state index in [-0.39, 0.29) is 0 Å². The number of carboxylic acid groups (broad SMARTS) is 1. The molecule has 0 aliphatic carbocycles. The standard InChI is InChI=1S/C19H25N3O3/c1-2-7-19(18(24)25)8-10-21(13-17(19)23)12-15-3-5-16(6-4-15)22-11-9-20-14-22/h3-6,9,11,14,17,23H,2,7-8,10,12-13H2,1H3,(H,24,25)/t17-,19+/m1/s1. The lowest BCUT2D eigenvalue weighted by molar-refractivity contribution is -0.164. The number of likely N-dealkylation sites (tertiary alicyclic amines) is 1. The third-order valence-corrected chi connectivity index (χ3v) is 5.21. The van der Waals surface area contributed by atoms with Gasteiger partial charge < -0.3 is 14.8 Å². The number of carboxylic acids is 1. The molecule has 0 unspecified atom stereocenters. The van der Waals surface area contributed by atoms with Crippen LogP contribution in [0.5, 0.6) is 0 Å². The first-order chi connectivity index (χ1) is 12.0. The Morgan fingerprint density at radius 2 is 2.12 bits per heavy atom. The van der Waals surface area contributed by atoms with Crippen molar-refractivity contribution in [1.82, 2.24) is 14.5 Å². The predicted octanol–water partition coefficient (Wildman–Crippen LogP) is 2.31. The second kappa shape index (κ2) is 7.37. The van der Waals surface area contributed by atoms with Crippen LogP contribution in [0, 0.1) is 5.41 Å². The molecule has 2 aromatic rings. The molecule has 1 aliphatic rings. The van der Waals surface area contributed by atoms with Gasteiger partial charge in [0.1, 0.15) is 0 Å². The van der Waals surface area contributed by atoms with Crippen LogP contribution in [0.25, 0.3) is 5.69 Å². The number of hydrogen-bond donors (Lipinski definition) is 2. The zero-order valence-electron chi connectivity index (χ0n) is 14.5. The summed E-state index contributed by atoms with van der Waals surface area (Å²) in [6.45, 7) is 3.76. The highest BCUT2D eigenvalue weighted by atomic mass is 16.4. The molecule has 0 radical (unpaired) electrons. The first kappa shape index (κ1) is 17.6. The first-order valence-corrected chi connectivity index (χ1v) is 8.76. The molecule has 1 saturated heterocycles. The van der Waals surface area contributed by atoms with Crippen molar-refractivity contribution in [3.05, 3.63) is 48.5 Å². The van der Waals surface area contributed by atoms with Gasteiger partial charge in [0.2, 0.25) is 0 Å². The molecule has 6 heteroatoms. The highest BCUT2D eigenvalue weighted by molar-refractivity contribution is 5.75. The predicted molar refractivity (Wildman–Crippen MR) is 94.4 cm³/mol. The molecule has 3 rings (SSSR count). The van der Waals surface area contributed by atoms with E-state index < -0.39 is 17.5 Å². The minimum Gasteiger partial charge on any atom is -0.481 e. The van der Waals surface area contributed by atoms with E-state index in [4.69, 9.17) is 0 Å². The van der Waals surface area contributed by atoms with Crippen LogP contribution in [0.2, 0.25) is 0 Å². The number of imidazole rings is 1. The molecule has 1 aromatic carbocycles. The van der Waals surface area contributed by atoms with Gasteiger partial charge in [-0.3, -0.25) is 9.69 Å². The third kappa shape index (κ3) is 3.60. The normalized spacial score (nSPS) is 24.3. The monoisotopic (exact) mass is 343 g/mol. The average molecular weight is 343 g/mol. The van der Waals surface area contributed by atoms with Crippen molar-refractivity contribution in [3.63, 3.8) is 0 Å². The van der Waals surface area contributed by atoms with E-state index in [0.29, 0.717) is 32.5 Å². The summed E-state index contributed by atoms with van der Waals surface area (Å²) in [5, 5.41) is 20.1. The van der Waals surface area contributed by atoms with Crippen LogP contribution in [0.1, 0.15) is 31.7 Å². The lowest BCUT2D eigenvalue weighted by atomic mass is 9.73. The van der Waals surface area contributed by atoms with E-state index in [1.54, 1.807) is 12.5 Å². The summed E-state index contributed by atoms with van der Waals surface area (Å²) in [5.74, 6) is -0.869. The van der Waals surface area contributed by atoms with Gasteiger partial charge in [-0.1, -0.05) is 25.5 Å². The Balaban J connectivity index is 1.64. The van der Waals surface area contributed by atoms with Crippen LogP contribution in [0.3, 0.4) is 0 Å². The van der Waals surface area contributed by atoms with Crippen LogP contribution in [-0.2, 0) is 11.3 Å². The summed E-state index contributed by atoms with van der Waals surface area (Å²) < 4.78 is 1.94. The number of piperidine rings is 1. The fourth-order valence-electron chi connectivity index (χ4n) is 3.72. The second-order valence-electron chi connectivity index (χ2n) is 6.85. The maximum atomic E-state index is 11.7. The fraction of sp³-hybridized carbons (Fsp3) is 0.474. The molecule has 134 valence electrons. The lowest BCUT2D eigenvalue weighted by Gasteiger charge is -2.42. The smallest absolute Gasteiger partial charge is 0.312 e. The van der Waals surface area contributed by atoms with E-state index in [9.17, 15) is 15.0 Å². The molecule has 25 heavy (non-hydrogen) atoms. The van der Waals surface area contributed by atoms with Crippen molar-refractivity contribution >= 4 is 5.97 Å². The van der Waals surface area contributed by atoms with E-state index >= 15 is 0 Å². The van der Waals surface area contributed by atoms with Crippen molar-refractivity contribution in [2.45, 2.75) is 38.8 Å². The Labute approximate surface area is 147 Å². The molecule has 2 atom stereocenters. The Morgan fingerprint density at radius 1 is 1.36 bits per heavy atom. The van der Waals surface area contributed by atoms with Gasteiger partial charge in [-0.2, -0.15) is 0 Å². The van der Waals surface area contributed by atoms with E-state index in [2.05, 4.69) is 22.0 Å². The van der Waals surface area contributed by atoms with Crippen LogP contribution >= 0.6 is 0 Å². The summed E-state index contributed by atoms with van der Waals surface area (Å²) in [5.41, 5.74) is 1.21. The third-order valence-electron chi connectivity index (χ3n) is 5.21. The van der Waals surface area contributed by atoms with Crippen molar-refractivity contribution in [3.8, 4) is 5.69 Å². The van der Waals surface area contributed by atoms with Gasteiger partial charge in [0.05, 0.1) is 17.8 Å². The maximum Gasteiger partial charge on any atom is 0.312 e.